The first-order valence-corrected chi connectivity index (χ1v) is 4.65. The molecular formula is C5H8O5S2. The highest BCUT2D eigenvalue weighted by Crippen LogP contribution is 2.33. The second-order valence-corrected chi connectivity index (χ2v) is 3.30. The molecule has 0 saturated carbocycles. The van der Waals surface area contributed by atoms with Crippen LogP contribution in [0.1, 0.15) is 4.88 Å². The number of rotatable bonds is 0. The Morgan fingerprint density at radius 2 is 1.83 bits per heavy atom. The van der Waals surface area contributed by atoms with Gasteiger partial charge in [-0.05, 0) is 6.92 Å². The van der Waals surface area contributed by atoms with Gasteiger partial charge in [-0.1, -0.05) is 0 Å². The van der Waals surface area contributed by atoms with Crippen LogP contribution in [-0.4, -0.2) is 23.5 Å². The van der Waals surface area contributed by atoms with Crippen LogP contribution in [0.5, 0.6) is 11.5 Å². The normalized spacial score (nSPS) is 9.33. The second-order valence-electron chi connectivity index (χ2n) is 1.76. The summed E-state index contributed by atoms with van der Waals surface area (Å²) in [4.78, 5) is 0.752. The summed E-state index contributed by atoms with van der Waals surface area (Å²) in [6.07, 6.45) is 0. The summed E-state index contributed by atoms with van der Waals surface area (Å²) in [5.41, 5.74) is 0. The van der Waals surface area contributed by atoms with Gasteiger partial charge in [-0.15, -0.1) is 11.3 Å². The average molecular weight is 212 g/mol. The fraction of sp³-hybridized carbons (Fsp3) is 0.200. The maximum Gasteiger partial charge on any atom is 0.299 e. The van der Waals surface area contributed by atoms with Gasteiger partial charge in [0.15, 0.2) is 11.5 Å². The Morgan fingerprint density at radius 1 is 1.42 bits per heavy atom. The maximum atomic E-state index is 8.81. The summed E-state index contributed by atoms with van der Waals surface area (Å²) in [7, 11) is 0. The summed E-state index contributed by atoms with van der Waals surface area (Å²) in [6, 6.07) is 0. The van der Waals surface area contributed by atoms with Crippen molar-refractivity contribution < 1.29 is 23.5 Å². The van der Waals surface area contributed by atoms with E-state index < -0.39 is 11.4 Å². The Kier molecular flexibility index (Phi) is 4.83. The van der Waals surface area contributed by atoms with Crippen molar-refractivity contribution in [2.75, 3.05) is 0 Å². The molecule has 0 radical (unpaired) electrons. The lowest BCUT2D eigenvalue weighted by molar-refractivity contribution is 0.405. The van der Waals surface area contributed by atoms with Gasteiger partial charge in [0.1, 0.15) is 0 Å². The van der Waals surface area contributed by atoms with Crippen LogP contribution < -0.4 is 0 Å². The van der Waals surface area contributed by atoms with E-state index in [1.807, 2.05) is 0 Å². The summed E-state index contributed by atoms with van der Waals surface area (Å²) in [5, 5.41) is 19.0. The summed E-state index contributed by atoms with van der Waals surface area (Å²) in [5.74, 6) is -0.0116. The van der Waals surface area contributed by atoms with E-state index in [9.17, 15) is 0 Å². The third-order valence-electron chi connectivity index (χ3n) is 0.923. The Hall–Kier alpha value is -0.630. The molecule has 70 valence electrons. The quantitative estimate of drug-likeness (QED) is 0.483. The fourth-order valence-electron chi connectivity index (χ4n) is 0.436. The van der Waals surface area contributed by atoms with Crippen molar-refractivity contribution in [3.05, 3.63) is 10.3 Å². The first kappa shape index (κ1) is 11.4. The first-order valence-electron chi connectivity index (χ1n) is 2.71. The highest BCUT2D eigenvalue weighted by atomic mass is 32.2. The lowest BCUT2D eigenvalue weighted by atomic mass is 10.4. The molecule has 0 aliphatic rings. The molecular weight excluding hydrogens is 204 g/mol. The van der Waals surface area contributed by atoms with Gasteiger partial charge in [0, 0.05) is 10.3 Å². The van der Waals surface area contributed by atoms with Gasteiger partial charge in [0.05, 0.1) is 0 Å². The molecule has 0 spiro atoms. The van der Waals surface area contributed by atoms with E-state index >= 15 is 0 Å². The lowest BCUT2D eigenvalue weighted by Crippen LogP contribution is -1.74. The summed E-state index contributed by atoms with van der Waals surface area (Å²) in [6.45, 7) is 1.75. The Balaban J connectivity index is 0.000000261. The molecule has 12 heavy (non-hydrogen) atoms. The summed E-state index contributed by atoms with van der Waals surface area (Å²) >= 11 is -1.28. The van der Waals surface area contributed by atoms with Gasteiger partial charge in [-0.2, -0.15) is 4.21 Å². The van der Waals surface area contributed by atoms with Gasteiger partial charge in [-0.3, -0.25) is 9.11 Å². The molecule has 0 aliphatic heterocycles. The minimum atomic E-state index is -2.61. The molecule has 0 fully saturated rings. The maximum absolute atomic E-state index is 8.81. The van der Waals surface area contributed by atoms with Gasteiger partial charge >= 0.3 is 0 Å². The number of hydrogen-bond donors (Lipinski definition) is 4. The number of thiophene rings is 1. The van der Waals surface area contributed by atoms with E-state index in [0.717, 1.165) is 4.88 Å². The molecule has 1 rings (SSSR count). The van der Waals surface area contributed by atoms with E-state index in [-0.39, 0.29) is 11.5 Å². The van der Waals surface area contributed by atoms with Crippen LogP contribution in [0.3, 0.4) is 0 Å². The Morgan fingerprint density at radius 3 is 1.92 bits per heavy atom. The third-order valence-corrected chi connectivity index (χ3v) is 1.81. The van der Waals surface area contributed by atoms with E-state index in [1.54, 1.807) is 6.92 Å². The smallest absolute Gasteiger partial charge is 0.299 e. The third kappa shape index (κ3) is 4.29. The van der Waals surface area contributed by atoms with Crippen molar-refractivity contribution in [3.8, 4) is 11.5 Å². The molecule has 0 aromatic carbocycles. The standard InChI is InChI=1S/C5H6O2S.H2O3S/c1-3-5(7)4(6)2-8-3;1-4(2)3/h2,6-7H,1H3;(H2,1,2,3). The zero-order valence-electron chi connectivity index (χ0n) is 6.09. The van der Waals surface area contributed by atoms with E-state index in [4.69, 9.17) is 23.5 Å². The van der Waals surface area contributed by atoms with Crippen molar-refractivity contribution in [2.24, 2.45) is 0 Å². The Bertz CT molecular complexity index is 245. The predicted molar refractivity (Wildman–Crippen MR) is 45.8 cm³/mol. The zero-order valence-corrected chi connectivity index (χ0v) is 7.72. The average Bonchev–Trinajstić information content (AvgIpc) is 2.19. The molecule has 7 heteroatoms. The van der Waals surface area contributed by atoms with Gasteiger partial charge < -0.3 is 10.2 Å². The predicted octanol–water partition coefficient (Wildman–Crippen LogP) is 1.15. The number of aromatic hydroxyl groups is 2. The van der Waals surface area contributed by atoms with Crippen LogP contribution in [0.15, 0.2) is 5.38 Å². The SMILES string of the molecule is Cc1scc(O)c1O.O=S(O)O. The Labute approximate surface area is 75.4 Å². The molecule has 1 aromatic rings. The van der Waals surface area contributed by atoms with Crippen molar-refractivity contribution in [2.45, 2.75) is 6.92 Å². The number of aryl methyl sites for hydroxylation is 1. The van der Waals surface area contributed by atoms with Gasteiger partial charge in [-0.25, -0.2) is 0 Å². The molecule has 1 aromatic heterocycles. The fourth-order valence-corrected chi connectivity index (χ4v) is 1.05. The van der Waals surface area contributed by atoms with Gasteiger partial charge in [0.2, 0.25) is 0 Å². The molecule has 0 atom stereocenters. The molecule has 0 amide bonds. The topological polar surface area (TPSA) is 98.0 Å². The lowest BCUT2D eigenvalue weighted by Gasteiger charge is -1.84. The van der Waals surface area contributed by atoms with Crippen LogP contribution >= 0.6 is 11.3 Å². The van der Waals surface area contributed by atoms with Crippen molar-refractivity contribution in [1.29, 1.82) is 0 Å². The minimum Gasteiger partial charge on any atom is -0.504 e. The van der Waals surface area contributed by atoms with E-state index in [0.29, 0.717) is 0 Å². The van der Waals surface area contributed by atoms with Crippen molar-refractivity contribution >= 4 is 22.7 Å². The van der Waals surface area contributed by atoms with Crippen LogP contribution in [0.25, 0.3) is 0 Å². The monoisotopic (exact) mass is 212 g/mol. The molecule has 4 N–H and O–H groups in total. The van der Waals surface area contributed by atoms with Crippen LogP contribution in [-0.2, 0) is 11.4 Å². The molecule has 0 unspecified atom stereocenters. The second kappa shape index (κ2) is 5.09. The molecule has 0 bridgehead atoms. The zero-order chi connectivity index (χ0) is 9.72. The van der Waals surface area contributed by atoms with Crippen LogP contribution in [0.4, 0.5) is 0 Å². The van der Waals surface area contributed by atoms with Crippen LogP contribution in [0.2, 0.25) is 0 Å². The molecule has 5 nitrogen and oxygen atoms in total. The molecule has 0 aliphatic carbocycles. The number of hydrogen-bond acceptors (Lipinski definition) is 4. The van der Waals surface area contributed by atoms with E-state index in [2.05, 4.69) is 0 Å². The summed E-state index contributed by atoms with van der Waals surface area (Å²) < 4.78 is 22.8. The largest absolute Gasteiger partial charge is 0.504 e. The molecule has 0 saturated heterocycles. The molecule has 1 heterocycles. The highest BCUT2D eigenvalue weighted by Gasteiger charge is 2.02. The highest BCUT2D eigenvalue weighted by molar-refractivity contribution is 7.73. The van der Waals surface area contributed by atoms with Gasteiger partial charge in [0.25, 0.3) is 11.4 Å². The van der Waals surface area contributed by atoms with Crippen molar-refractivity contribution in [1.82, 2.24) is 0 Å². The van der Waals surface area contributed by atoms with E-state index in [1.165, 1.54) is 16.7 Å². The van der Waals surface area contributed by atoms with Crippen LogP contribution in [0, 0.1) is 6.92 Å². The van der Waals surface area contributed by atoms with Crippen molar-refractivity contribution in [3.63, 3.8) is 0 Å². The first-order chi connectivity index (χ1) is 5.45. The minimum absolute atomic E-state index is 0.00926.